The predicted octanol–water partition coefficient (Wildman–Crippen LogP) is 1.71. The molecule has 0 amide bonds. The minimum atomic E-state index is 0.315. The van der Waals surface area contributed by atoms with Crippen LogP contribution in [0.2, 0.25) is 0 Å². The molecule has 1 unspecified atom stereocenters. The van der Waals surface area contributed by atoms with Crippen molar-refractivity contribution in [1.82, 2.24) is 14.8 Å². The molecule has 1 aromatic rings. The van der Waals surface area contributed by atoms with Crippen LogP contribution < -0.4 is 5.32 Å². The monoisotopic (exact) mass is 265 g/mol. The van der Waals surface area contributed by atoms with Gasteiger partial charge in [-0.3, -0.25) is 4.90 Å². The van der Waals surface area contributed by atoms with Crippen molar-refractivity contribution in [2.75, 3.05) is 26.2 Å². The van der Waals surface area contributed by atoms with Gasteiger partial charge < -0.3 is 14.6 Å². The van der Waals surface area contributed by atoms with Gasteiger partial charge in [0, 0.05) is 44.6 Å². The second kappa shape index (κ2) is 7.08. The largest absolute Gasteiger partial charge is 0.374 e. The standard InChI is InChI=1S/C15H27N3O/c1-4-16-9-14-5-6-17(10-14)11-15-12-18(13(2)3)7-8-19-15/h5-6,10,13,15-16H,4,7-9,11-12H2,1-3H3. The van der Waals surface area contributed by atoms with Crippen LogP contribution in [0.1, 0.15) is 26.3 Å². The van der Waals surface area contributed by atoms with E-state index in [0.717, 1.165) is 39.3 Å². The first kappa shape index (κ1) is 14.6. The number of nitrogens with one attached hydrogen (secondary N) is 1. The number of nitrogens with zero attached hydrogens (tertiary/aromatic N) is 2. The van der Waals surface area contributed by atoms with Crippen molar-refractivity contribution in [2.24, 2.45) is 0 Å². The molecule has 1 aromatic heterocycles. The van der Waals surface area contributed by atoms with Gasteiger partial charge in [-0.1, -0.05) is 6.92 Å². The highest BCUT2D eigenvalue weighted by Gasteiger charge is 2.22. The number of aromatic nitrogens is 1. The zero-order valence-corrected chi connectivity index (χ0v) is 12.4. The van der Waals surface area contributed by atoms with Gasteiger partial charge in [0.2, 0.25) is 0 Å². The molecule has 0 aromatic carbocycles. The minimum Gasteiger partial charge on any atom is -0.374 e. The van der Waals surface area contributed by atoms with Gasteiger partial charge in [0.05, 0.1) is 12.7 Å². The van der Waals surface area contributed by atoms with Gasteiger partial charge in [-0.05, 0) is 32.0 Å². The quantitative estimate of drug-likeness (QED) is 0.849. The Labute approximate surface area is 116 Å². The van der Waals surface area contributed by atoms with E-state index in [0.29, 0.717) is 12.1 Å². The molecular formula is C15H27N3O. The van der Waals surface area contributed by atoms with E-state index in [2.05, 4.69) is 54.0 Å². The Morgan fingerprint density at radius 2 is 2.32 bits per heavy atom. The summed E-state index contributed by atoms with van der Waals surface area (Å²) in [6.45, 7) is 12.5. The maximum Gasteiger partial charge on any atom is 0.0881 e. The van der Waals surface area contributed by atoms with E-state index < -0.39 is 0 Å². The fourth-order valence-corrected chi connectivity index (χ4v) is 2.53. The van der Waals surface area contributed by atoms with Crippen LogP contribution in [0.3, 0.4) is 0 Å². The number of hydrogen-bond acceptors (Lipinski definition) is 3. The fraction of sp³-hybridized carbons (Fsp3) is 0.733. The van der Waals surface area contributed by atoms with Crippen molar-refractivity contribution in [1.29, 1.82) is 0 Å². The van der Waals surface area contributed by atoms with Crippen LogP contribution in [0.25, 0.3) is 0 Å². The first-order valence-electron chi connectivity index (χ1n) is 7.40. The molecule has 108 valence electrons. The molecule has 1 saturated heterocycles. The summed E-state index contributed by atoms with van der Waals surface area (Å²) in [6.07, 6.45) is 4.69. The minimum absolute atomic E-state index is 0.315. The van der Waals surface area contributed by atoms with Gasteiger partial charge in [-0.2, -0.15) is 0 Å². The van der Waals surface area contributed by atoms with E-state index >= 15 is 0 Å². The van der Waals surface area contributed by atoms with Crippen LogP contribution in [0.5, 0.6) is 0 Å². The van der Waals surface area contributed by atoms with Crippen LogP contribution in [-0.4, -0.2) is 47.9 Å². The van der Waals surface area contributed by atoms with Crippen LogP contribution in [0.4, 0.5) is 0 Å². The third-order valence-corrected chi connectivity index (χ3v) is 3.71. The molecule has 19 heavy (non-hydrogen) atoms. The Morgan fingerprint density at radius 3 is 3.05 bits per heavy atom. The second-order valence-corrected chi connectivity index (χ2v) is 5.58. The molecular weight excluding hydrogens is 238 g/mol. The Bertz CT molecular complexity index is 375. The Hall–Kier alpha value is -0.840. The molecule has 2 heterocycles. The van der Waals surface area contributed by atoms with E-state index in [9.17, 15) is 0 Å². The Balaban J connectivity index is 1.84. The van der Waals surface area contributed by atoms with Crippen molar-refractivity contribution < 1.29 is 4.74 Å². The molecule has 1 aliphatic rings. The van der Waals surface area contributed by atoms with E-state index in [1.165, 1.54) is 5.56 Å². The molecule has 0 radical (unpaired) electrons. The third-order valence-electron chi connectivity index (χ3n) is 3.71. The molecule has 0 spiro atoms. The first-order chi connectivity index (χ1) is 9.19. The first-order valence-corrected chi connectivity index (χ1v) is 7.40. The summed E-state index contributed by atoms with van der Waals surface area (Å²) in [5.41, 5.74) is 1.35. The summed E-state index contributed by atoms with van der Waals surface area (Å²) in [7, 11) is 0. The van der Waals surface area contributed by atoms with E-state index in [1.807, 2.05) is 0 Å². The maximum atomic E-state index is 5.87. The average Bonchev–Trinajstić information content (AvgIpc) is 2.84. The van der Waals surface area contributed by atoms with Gasteiger partial charge in [-0.25, -0.2) is 0 Å². The van der Waals surface area contributed by atoms with Gasteiger partial charge in [0.15, 0.2) is 0 Å². The van der Waals surface area contributed by atoms with Crippen LogP contribution in [0, 0.1) is 0 Å². The highest BCUT2D eigenvalue weighted by Crippen LogP contribution is 2.11. The SMILES string of the molecule is CCNCc1ccn(CC2CN(C(C)C)CCO2)c1. The van der Waals surface area contributed by atoms with Gasteiger partial charge in [-0.15, -0.1) is 0 Å². The average molecular weight is 265 g/mol. The zero-order valence-electron chi connectivity index (χ0n) is 12.4. The normalized spacial score (nSPS) is 21.2. The Kier molecular flexibility index (Phi) is 5.43. The molecule has 0 bridgehead atoms. The summed E-state index contributed by atoms with van der Waals surface area (Å²) in [4.78, 5) is 2.50. The van der Waals surface area contributed by atoms with Crippen LogP contribution in [0.15, 0.2) is 18.5 Å². The summed E-state index contributed by atoms with van der Waals surface area (Å²) < 4.78 is 8.13. The van der Waals surface area contributed by atoms with Crippen molar-refractivity contribution in [3.05, 3.63) is 24.0 Å². The van der Waals surface area contributed by atoms with Gasteiger partial charge in [0.1, 0.15) is 0 Å². The highest BCUT2D eigenvalue weighted by molar-refractivity contribution is 5.10. The number of morpholine rings is 1. The smallest absolute Gasteiger partial charge is 0.0881 e. The lowest BCUT2D eigenvalue weighted by Crippen LogP contribution is -2.47. The predicted molar refractivity (Wildman–Crippen MR) is 78.3 cm³/mol. The van der Waals surface area contributed by atoms with E-state index in [4.69, 9.17) is 4.74 Å². The van der Waals surface area contributed by atoms with Gasteiger partial charge >= 0.3 is 0 Å². The zero-order chi connectivity index (χ0) is 13.7. The maximum absolute atomic E-state index is 5.87. The molecule has 1 N–H and O–H groups in total. The molecule has 0 saturated carbocycles. The van der Waals surface area contributed by atoms with E-state index in [1.54, 1.807) is 0 Å². The molecule has 0 aliphatic carbocycles. The fourth-order valence-electron chi connectivity index (χ4n) is 2.53. The molecule has 4 heteroatoms. The lowest BCUT2D eigenvalue weighted by molar-refractivity contribution is -0.0455. The summed E-state index contributed by atoms with van der Waals surface area (Å²) >= 11 is 0. The van der Waals surface area contributed by atoms with Crippen molar-refractivity contribution >= 4 is 0 Å². The van der Waals surface area contributed by atoms with E-state index in [-0.39, 0.29) is 0 Å². The summed E-state index contributed by atoms with van der Waals surface area (Å²) in [5, 5.41) is 3.35. The van der Waals surface area contributed by atoms with Crippen LogP contribution in [-0.2, 0) is 17.8 Å². The molecule has 4 nitrogen and oxygen atoms in total. The summed E-state index contributed by atoms with van der Waals surface area (Å²) in [6, 6.07) is 2.80. The van der Waals surface area contributed by atoms with Crippen molar-refractivity contribution in [2.45, 2.75) is 46.0 Å². The molecule has 1 atom stereocenters. The number of ether oxygens (including phenoxy) is 1. The van der Waals surface area contributed by atoms with Crippen molar-refractivity contribution in [3.63, 3.8) is 0 Å². The second-order valence-electron chi connectivity index (χ2n) is 5.58. The van der Waals surface area contributed by atoms with Gasteiger partial charge in [0.25, 0.3) is 0 Å². The Morgan fingerprint density at radius 1 is 1.47 bits per heavy atom. The molecule has 2 rings (SSSR count). The lowest BCUT2D eigenvalue weighted by Gasteiger charge is -2.35. The highest BCUT2D eigenvalue weighted by atomic mass is 16.5. The van der Waals surface area contributed by atoms with Crippen LogP contribution >= 0.6 is 0 Å². The lowest BCUT2D eigenvalue weighted by atomic mass is 10.2. The topological polar surface area (TPSA) is 29.4 Å². The number of rotatable bonds is 6. The van der Waals surface area contributed by atoms with Crippen molar-refractivity contribution in [3.8, 4) is 0 Å². The number of hydrogen-bond donors (Lipinski definition) is 1. The molecule has 1 aliphatic heterocycles. The third kappa shape index (κ3) is 4.34. The molecule has 1 fully saturated rings. The summed E-state index contributed by atoms with van der Waals surface area (Å²) in [5.74, 6) is 0.